The van der Waals surface area contributed by atoms with Crippen LogP contribution in [0.1, 0.15) is 16.7 Å². The van der Waals surface area contributed by atoms with E-state index in [0.29, 0.717) is 16.4 Å². The van der Waals surface area contributed by atoms with Gasteiger partial charge in [0.15, 0.2) is 0 Å². The Morgan fingerprint density at radius 3 is 2.53 bits per heavy atom. The average Bonchev–Trinajstić information content (AvgIpc) is 3.39. The SMILES string of the molecule is Cc1cccc(-c2noc(-c3sccc3S(=O)(=O)N(C)c3ccc(C)c(C)c3)n2)c1. The van der Waals surface area contributed by atoms with E-state index < -0.39 is 10.0 Å². The Bertz CT molecular complexity index is 1320. The molecule has 0 atom stereocenters. The fourth-order valence-electron chi connectivity index (χ4n) is 3.08. The molecule has 0 bridgehead atoms. The van der Waals surface area contributed by atoms with E-state index in [-0.39, 0.29) is 10.8 Å². The van der Waals surface area contributed by atoms with Gasteiger partial charge in [0, 0.05) is 12.6 Å². The number of aryl methyl sites for hydroxylation is 3. The first-order chi connectivity index (χ1) is 14.3. The normalized spacial score (nSPS) is 11.6. The largest absolute Gasteiger partial charge is 0.333 e. The van der Waals surface area contributed by atoms with Crippen LogP contribution in [0.5, 0.6) is 0 Å². The molecular formula is C22H21N3O3S2. The quantitative estimate of drug-likeness (QED) is 0.426. The molecule has 6 nitrogen and oxygen atoms in total. The van der Waals surface area contributed by atoms with Crippen LogP contribution < -0.4 is 4.31 Å². The maximum Gasteiger partial charge on any atom is 0.269 e. The number of hydrogen-bond donors (Lipinski definition) is 0. The Kier molecular flexibility index (Phi) is 5.21. The number of benzene rings is 2. The summed E-state index contributed by atoms with van der Waals surface area (Å²) in [7, 11) is -2.25. The van der Waals surface area contributed by atoms with Gasteiger partial charge in [-0.1, -0.05) is 35.0 Å². The van der Waals surface area contributed by atoms with Crippen LogP contribution in [0.3, 0.4) is 0 Å². The number of aromatic nitrogens is 2. The zero-order valence-electron chi connectivity index (χ0n) is 17.1. The first-order valence-electron chi connectivity index (χ1n) is 9.32. The van der Waals surface area contributed by atoms with Gasteiger partial charge in [0.25, 0.3) is 15.9 Å². The van der Waals surface area contributed by atoms with Crippen molar-refractivity contribution in [2.75, 3.05) is 11.4 Å². The molecule has 0 unspecified atom stereocenters. The summed E-state index contributed by atoms with van der Waals surface area (Å²) >= 11 is 1.26. The molecule has 0 aliphatic heterocycles. The van der Waals surface area contributed by atoms with Crippen molar-refractivity contribution in [3.63, 3.8) is 0 Å². The molecular weight excluding hydrogens is 418 g/mol. The first kappa shape index (κ1) is 20.3. The highest BCUT2D eigenvalue weighted by molar-refractivity contribution is 7.93. The lowest BCUT2D eigenvalue weighted by molar-refractivity contribution is 0.432. The molecule has 4 aromatic rings. The maximum absolute atomic E-state index is 13.3. The highest BCUT2D eigenvalue weighted by Crippen LogP contribution is 2.35. The number of sulfonamides is 1. The monoisotopic (exact) mass is 439 g/mol. The van der Waals surface area contributed by atoms with Crippen LogP contribution in [0.15, 0.2) is 63.3 Å². The summed E-state index contributed by atoms with van der Waals surface area (Å²) in [6.07, 6.45) is 0. The van der Waals surface area contributed by atoms with Gasteiger partial charge in [0.2, 0.25) is 5.82 Å². The van der Waals surface area contributed by atoms with Gasteiger partial charge in [-0.05, 0) is 61.5 Å². The van der Waals surface area contributed by atoms with Crippen LogP contribution in [0.2, 0.25) is 0 Å². The Morgan fingerprint density at radius 1 is 1.00 bits per heavy atom. The fourth-order valence-corrected chi connectivity index (χ4v) is 5.58. The molecule has 0 fully saturated rings. The van der Waals surface area contributed by atoms with E-state index in [1.54, 1.807) is 24.6 Å². The number of hydrogen-bond acceptors (Lipinski definition) is 6. The molecule has 2 aromatic carbocycles. The van der Waals surface area contributed by atoms with E-state index in [2.05, 4.69) is 10.1 Å². The standard InChI is InChI=1S/C22H21N3O3S2/c1-14-6-5-7-17(12-14)21-23-22(28-24-21)20-19(10-11-29-20)30(26,27)25(4)18-9-8-15(2)16(3)13-18/h5-13H,1-4H3. The van der Waals surface area contributed by atoms with Gasteiger partial charge in [-0.25, -0.2) is 8.42 Å². The van der Waals surface area contributed by atoms with Crippen LogP contribution in [-0.4, -0.2) is 25.6 Å². The van der Waals surface area contributed by atoms with Crippen molar-refractivity contribution in [1.29, 1.82) is 0 Å². The molecule has 0 radical (unpaired) electrons. The molecule has 0 aliphatic rings. The minimum Gasteiger partial charge on any atom is -0.333 e. The Labute approximate surface area is 179 Å². The molecule has 2 heterocycles. The van der Waals surface area contributed by atoms with Crippen molar-refractivity contribution in [1.82, 2.24) is 10.1 Å². The Balaban J connectivity index is 1.71. The number of thiophene rings is 1. The summed E-state index contributed by atoms with van der Waals surface area (Å²) < 4.78 is 33.4. The molecule has 0 amide bonds. The van der Waals surface area contributed by atoms with E-state index in [1.165, 1.54) is 15.6 Å². The van der Waals surface area contributed by atoms with Crippen molar-refractivity contribution in [2.24, 2.45) is 0 Å². The third-order valence-electron chi connectivity index (χ3n) is 5.02. The second-order valence-electron chi connectivity index (χ2n) is 7.15. The molecule has 0 aliphatic carbocycles. The summed E-state index contributed by atoms with van der Waals surface area (Å²) in [6, 6.07) is 14.9. The van der Waals surface area contributed by atoms with Crippen LogP contribution in [0.25, 0.3) is 22.2 Å². The minimum absolute atomic E-state index is 0.146. The predicted octanol–water partition coefficient (Wildman–Crippen LogP) is 5.22. The molecule has 4 rings (SSSR count). The molecule has 0 saturated carbocycles. The van der Waals surface area contributed by atoms with Crippen LogP contribution in [-0.2, 0) is 10.0 Å². The highest BCUT2D eigenvalue weighted by atomic mass is 32.2. The van der Waals surface area contributed by atoms with Crippen molar-refractivity contribution in [2.45, 2.75) is 25.7 Å². The molecule has 8 heteroatoms. The molecule has 2 aromatic heterocycles. The zero-order valence-corrected chi connectivity index (χ0v) is 18.7. The van der Waals surface area contributed by atoms with Crippen LogP contribution >= 0.6 is 11.3 Å². The van der Waals surface area contributed by atoms with E-state index in [0.717, 1.165) is 22.3 Å². The van der Waals surface area contributed by atoms with Crippen molar-refractivity contribution in [3.05, 3.63) is 70.6 Å². The first-order valence-corrected chi connectivity index (χ1v) is 11.6. The summed E-state index contributed by atoms with van der Waals surface area (Å²) in [5, 5.41) is 5.76. The second-order valence-corrected chi connectivity index (χ2v) is 10.0. The Hall–Kier alpha value is -2.97. The second kappa shape index (κ2) is 7.70. The van der Waals surface area contributed by atoms with Crippen molar-refractivity contribution < 1.29 is 12.9 Å². The molecule has 0 N–H and O–H groups in total. The van der Waals surface area contributed by atoms with Crippen molar-refractivity contribution >= 4 is 27.0 Å². The lowest BCUT2D eigenvalue weighted by Gasteiger charge is -2.20. The number of nitrogens with zero attached hydrogens (tertiary/aromatic N) is 3. The van der Waals surface area contributed by atoms with E-state index in [4.69, 9.17) is 4.52 Å². The topological polar surface area (TPSA) is 76.3 Å². The minimum atomic E-state index is -3.80. The van der Waals surface area contributed by atoms with E-state index >= 15 is 0 Å². The van der Waals surface area contributed by atoms with Gasteiger partial charge in [0.1, 0.15) is 9.77 Å². The van der Waals surface area contributed by atoms with Crippen molar-refractivity contribution in [3.8, 4) is 22.2 Å². The Morgan fingerprint density at radius 2 is 1.80 bits per heavy atom. The van der Waals surface area contributed by atoms with Gasteiger partial charge in [0.05, 0.1) is 5.69 Å². The zero-order chi connectivity index (χ0) is 21.5. The van der Waals surface area contributed by atoms with Gasteiger partial charge in [-0.15, -0.1) is 11.3 Å². The lowest BCUT2D eigenvalue weighted by Crippen LogP contribution is -2.26. The van der Waals surface area contributed by atoms with Gasteiger partial charge < -0.3 is 4.52 Å². The van der Waals surface area contributed by atoms with E-state index in [1.807, 2.05) is 57.2 Å². The third-order valence-corrected chi connectivity index (χ3v) is 7.88. The van der Waals surface area contributed by atoms with Crippen LogP contribution in [0, 0.1) is 20.8 Å². The summed E-state index contributed by atoms with van der Waals surface area (Å²) in [4.78, 5) is 5.02. The number of rotatable bonds is 5. The molecule has 30 heavy (non-hydrogen) atoms. The highest BCUT2D eigenvalue weighted by Gasteiger charge is 2.28. The molecule has 0 spiro atoms. The van der Waals surface area contributed by atoms with Gasteiger partial charge in [-0.2, -0.15) is 4.98 Å². The lowest BCUT2D eigenvalue weighted by atomic mass is 10.1. The van der Waals surface area contributed by atoms with Gasteiger partial charge >= 0.3 is 0 Å². The van der Waals surface area contributed by atoms with Gasteiger partial charge in [-0.3, -0.25) is 4.31 Å². The smallest absolute Gasteiger partial charge is 0.269 e. The summed E-state index contributed by atoms with van der Waals surface area (Å²) in [6.45, 7) is 5.93. The summed E-state index contributed by atoms with van der Waals surface area (Å²) in [5.74, 6) is 0.613. The predicted molar refractivity (Wildman–Crippen MR) is 119 cm³/mol. The molecule has 154 valence electrons. The summed E-state index contributed by atoms with van der Waals surface area (Å²) in [5.41, 5.74) is 4.63. The van der Waals surface area contributed by atoms with E-state index in [9.17, 15) is 8.42 Å². The third kappa shape index (κ3) is 3.64. The van der Waals surface area contributed by atoms with Crippen LogP contribution in [0.4, 0.5) is 5.69 Å². The maximum atomic E-state index is 13.3. The molecule has 0 saturated heterocycles. The average molecular weight is 440 g/mol. The fraction of sp³-hybridized carbons (Fsp3) is 0.182. The number of anilines is 1.